The summed E-state index contributed by atoms with van der Waals surface area (Å²) in [4.78, 5) is 25.1. The molecule has 1 aromatic heterocycles. The number of halogens is 1. The molecule has 0 bridgehead atoms. The second-order valence-electron chi connectivity index (χ2n) is 7.34. The molecule has 3 rings (SSSR count). The van der Waals surface area contributed by atoms with Crippen LogP contribution < -0.4 is 10.6 Å². The number of likely N-dealkylation sites (tertiary alicyclic amines) is 1. The number of aliphatic imine (C=N–C) groups is 1. The van der Waals surface area contributed by atoms with Crippen molar-refractivity contribution in [1.82, 2.24) is 20.5 Å². The monoisotopic (exact) mass is 541 g/mol. The lowest BCUT2D eigenvalue weighted by Crippen LogP contribution is -2.36. The van der Waals surface area contributed by atoms with Gasteiger partial charge >= 0.3 is 0 Å². The van der Waals surface area contributed by atoms with Crippen LogP contribution in [0.25, 0.3) is 0 Å². The molecular weight excluding hydrogens is 509 g/mol. The first-order valence-electron chi connectivity index (χ1n) is 10.4. The van der Waals surface area contributed by atoms with Gasteiger partial charge in [-0.3, -0.25) is 4.79 Å². The van der Waals surface area contributed by atoms with Crippen molar-refractivity contribution in [1.29, 1.82) is 0 Å². The number of benzene rings is 1. The van der Waals surface area contributed by atoms with Crippen molar-refractivity contribution in [3.63, 3.8) is 0 Å². The number of guanidine groups is 1. The predicted octanol–water partition coefficient (Wildman–Crippen LogP) is 4.26. The third kappa shape index (κ3) is 6.94. The van der Waals surface area contributed by atoms with E-state index in [4.69, 9.17) is 4.99 Å². The van der Waals surface area contributed by atoms with Crippen LogP contribution in [0.1, 0.15) is 57.7 Å². The fourth-order valence-electron chi connectivity index (χ4n) is 3.50. The highest BCUT2D eigenvalue weighted by Gasteiger charge is 2.18. The number of nitrogens with one attached hydrogen (secondary N) is 2. The van der Waals surface area contributed by atoms with E-state index < -0.39 is 0 Å². The largest absolute Gasteiger partial charge is 0.357 e. The molecule has 164 valence electrons. The number of nitrogens with zero attached hydrogens (tertiary/aromatic N) is 3. The molecule has 0 aliphatic carbocycles. The molecule has 1 aliphatic heterocycles. The zero-order valence-electron chi connectivity index (χ0n) is 18.0. The molecule has 0 unspecified atom stereocenters. The van der Waals surface area contributed by atoms with Crippen LogP contribution in [0.15, 0.2) is 29.3 Å². The maximum absolute atomic E-state index is 12.7. The first-order chi connectivity index (χ1) is 14.1. The van der Waals surface area contributed by atoms with Crippen molar-refractivity contribution in [3.05, 3.63) is 51.0 Å². The fraction of sp³-hybridized carbons (Fsp3) is 0.500. The van der Waals surface area contributed by atoms with E-state index in [0.29, 0.717) is 13.1 Å². The van der Waals surface area contributed by atoms with Crippen LogP contribution >= 0.6 is 35.3 Å². The second kappa shape index (κ2) is 12.2. The number of aromatic nitrogens is 1. The van der Waals surface area contributed by atoms with Gasteiger partial charge in [0.2, 0.25) is 0 Å². The molecule has 2 aromatic rings. The highest BCUT2D eigenvalue weighted by Crippen LogP contribution is 2.17. The van der Waals surface area contributed by atoms with Crippen molar-refractivity contribution in [2.24, 2.45) is 4.99 Å². The highest BCUT2D eigenvalue weighted by atomic mass is 127. The van der Waals surface area contributed by atoms with Crippen LogP contribution in [0.5, 0.6) is 0 Å². The number of rotatable bonds is 6. The summed E-state index contributed by atoms with van der Waals surface area (Å²) in [6.45, 7) is 9.87. The Balaban J connectivity index is 0.00000320. The van der Waals surface area contributed by atoms with Crippen LogP contribution in [0, 0.1) is 13.8 Å². The quantitative estimate of drug-likeness (QED) is 0.326. The van der Waals surface area contributed by atoms with E-state index in [0.717, 1.165) is 60.3 Å². The summed E-state index contributed by atoms with van der Waals surface area (Å²) in [5, 5.41) is 7.75. The van der Waals surface area contributed by atoms with Crippen LogP contribution in [0.2, 0.25) is 0 Å². The zero-order valence-corrected chi connectivity index (χ0v) is 21.2. The average Bonchev–Trinajstić information content (AvgIpc) is 3.07. The molecule has 0 radical (unpaired) electrons. The van der Waals surface area contributed by atoms with E-state index in [1.54, 1.807) is 11.3 Å². The lowest BCUT2D eigenvalue weighted by molar-refractivity contribution is 0.0724. The van der Waals surface area contributed by atoms with Crippen molar-refractivity contribution in [3.8, 4) is 0 Å². The molecule has 8 heteroatoms. The summed E-state index contributed by atoms with van der Waals surface area (Å²) >= 11 is 1.71. The molecule has 2 heterocycles. The summed E-state index contributed by atoms with van der Waals surface area (Å²) in [5.74, 6) is 0.905. The average molecular weight is 542 g/mol. The molecule has 30 heavy (non-hydrogen) atoms. The molecule has 0 atom stereocenters. The Morgan fingerprint density at radius 1 is 1.20 bits per heavy atom. The van der Waals surface area contributed by atoms with Gasteiger partial charge < -0.3 is 15.5 Å². The van der Waals surface area contributed by atoms with Gasteiger partial charge in [0, 0.05) is 30.1 Å². The molecule has 1 aromatic carbocycles. The van der Waals surface area contributed by atoms with E-state index in [2.05, 4.69) is 22.5 Å². The zero-order chi connectivity index (χ0) is 20.6. The van der Waals surface area contributed by atoms with E-state index in [1.165, 1.54) is 11.3 Å². The molecule has 1 fully saturated rings. The van der Waals surface area contributed by atoms with Crippen LogP contribution in [0.3, 0.4) is 0 Å². The minimum Gasteiger partial charge on any atom is -0.357 e. The standard InChI is InChI=1S/C22H31N5OS.HI/c1-4-23-22(25-15-20-16(2)26-17(3)29-20)24-14-18-9-8-10-19(13-18)21(28)27-11-6-5-7-12-27;/h8-10,13H,4-7,11-12,14-15H2,1-3H3,(H2,23,24,25);1H. The van der Waals surface area contributed by atoms with Gasteiger partial charge in [-0.05, 0) is 57.7 Å². The lowest BCUT2D eigenvalue weighted by Gasteiger charge is -2.26. The summed E-state index contributed by atoms with van der Waals surface area (Å²) in [7, 11) is 0. The molecule has 1 aliphatic rings. The third-order valence-electron chi connectivity index (χ3n) is 5.00. The maximum Gasteiger partial charge on any atom is 0.253 e. The number of amides is 1. The third-order valence-corrected chi connectivity index (χ3v) is 6.07. The highest BCUT2D eigenvalue weighted by molar-refractivity contribution is 14.0. The van der Waals surface area contributed by atoms with Crippen molar-refractivity contribution >= 4 is 47.2 Å². The molecule has 0 spiro atoms. The summed E-state index contributed by atoms with van der Waals surface area (Å²) in [5.41, 5.74) is 2.86. The maximum atomic E-state index is 12.7. The Morgan fingerprint density at radius 3 is 2.63 bits per heavy atom. The van der Waals surface area contributed by atoms with Gasteiger partial charge in [0.05, 0.1) is 23.8 Å². The molecule has 0 saturated carbocycles. The first kappa shape index (κ1) is 24.6. The molecule has 6 nitrogen and oxygen atoms in total. The van der Waals surface area contributed by atoms with Crippen LogP contribution in [-0.4, -0.2) is 41.4 Å². The van der Waals surface area contributed by atoms with Gasteiger partial charge in [-0.2, -0.15) is 0 Å². The van der Waals surface area contributed by atoms with Crippen molar-refractivity contribution in [2.75, 3.05) is 19.6 Å². The van der Waals surface area contributed by atoms with Gasteiger partial charge in [0.1, 0.15) is 0 Å². The number of carbonyl (C=O) groups excluding carboxylic acids is 1. The number of aryl methyl sites for hydroxylation is 2. The van der Waals surface area contributed by atoms with E-state index >= 15 is 0 Å². The summed E-state index contributed by atoms with van der Waals surface area (Å²) in [6, 6.07) is 7.85. The molecule has 1 saturated heterocycles. The normalized spacial score (nSPS) is 14.2. The number of hydrogen-bond acceptors (Lipinski definition) is 4. The summed E-state index contributed by atoms with van der Waals surface area (Å²) < 4.78 is 0. The van der Waals surface area contributed by atoms with Gasteiger partial charge in [0.15, 0.2) is 5.96 Å². The minimum absolute atomic E-state index is 0. The Hall–Kier alpha value is -1.68. The summed E-state index contributed by atoms with van der Waals surface area (Å²) in [6.07, 6.45) is 3.43. The van der Waals surface area contributed by atoms with Crippen molar-refractivity contribution in [2.45, 2.75) is 53.1 Å². The SMILES string of the molecule is CCNC(=NCc1cccc(C(=O)N2CCCCC2)c1)NCc1sc(C)nc1C.I. The van der Waals surface area contributed by atoms with E-state index in [-0.39, 0.29) is 29.9 Å². The lowest BCUT2D eigenvalue weighted by atomic mass is 10.1. The van der Waals surface area contributed by atoms with Gasteiger partial charge in [-0.15, -0.1) is 35.3 Å². The number of piperidine rings is 1. The topological polar surface area (TPSA) is 69.6 Å². The van der Waals surface area contributed by atoms with E-state index in [9.17, 15) is 4.79 Å². The first-order valence-corrected chi connectivity index (χ1v) is 11.2. The Bertz CT molecular complexity index is 861. The van der Waals surface area contributed by atoms with Gasteiger partial charge in [0.25, 0.3) is 5.91 Å². The fourth-order valence-corrected chi connectivity index (χ4v) is 4.37. The van der Waals surface area contributed by atoms with Crippen molar-refractivity contribution < 1.29 is 4.79 Å². The molecule has 2 N–H and O–H groups in total. The smallest absolute Gasteiger partial charge is 0.253 e. The van der Waals surface area contributed by atoms with Crippen LogP contribution in [0.4, 0.5) is 0 Å². The number of thiazole rings is 1. The van der Waals surface area contributed by atoms with Gasteiger partial charge in [-0.25, -0.2) is 9.98 Å². The molecule has 1 amide bonds. The molecular formula is C22H32IN5OS. The Kier molecular flexibility index (Phi) is 10.0. The Labute approximate surface area is 200 Å². The Morgan fingerprint density at radius 2 is 1.97 bits per heavy atom. The second-order valence-corrected chi connectivity index (χ2v) is 8.63. The van der Waals surface area contributed by atoms with Crippen LogP contribution in [-0.2, 0) is 13.1 Å². The number of carbonyl (C=O) groups is 1. The minimum atomic E-state index is 0. The number of hydrogen-bond donors (Lipinski definition) is 2. The predicted molar refractivity (Wildman–Crippen MR) is 135 cm³/mol. The van der Waals surface area contributed by atoms with E-state index in [1.807, 2.05) is 43.0 Å². The van der Waals surface area contributed by atoms with Gasteiger partial charge in [-0.1, -0.05) is 12.1 Å².